The number of aryl methyl sites for hydroxylation is 2. The number of benzene rings is 9. The van der Waals surface area contributed by atoms with Gasteiger partial charge in [-0.1, -0.05) is 103 Å². The van der Waals surface area contributed by atoms with Gasteiger partial charge in [0, 0.05) is 50.3 Å². The quantitative estimate of drug-likeness (QED) is 0.154. The number of hydrogen-bond donors (Lipinski definition) is 2. The van der Waals surface area contributed by atoms with Gasteiger partial charge in [0.2, 0.25) is 0 Å². The maximum atomic E-state index is 10.5. The molecule has 0 spiro atoms. The van der Waals surface area contributed by atoms with E-state index in [1.165, 1.54) is 16.2 Å². The summed E-state index contributed by atoms with van der Waals surface area (Å²) in [7, 11) is 0. The molecule has 2 N–H and O–H groups in total. The van der Waals surface area contributed by atoms with Gasteiger partial charge in [-0.25, -0.2) is 0 Å². The highest BCUT2D eigenvalue weighted by molar-refractivity contribution is 6.15. The molecule has 0 saturated heterocycles. The Labute approximate surface area is 343 Å². The summed E-state index contributed by atoms with van der Waals surface area (Å²) in [4.78, 5) is 4.50. The van der Waals surface area contributed by atoms with Crippen LogP contribution in [-0.2, 0) is 13.2 Å². The van der Waals surface area contributed by atoms with Gasteiger partial charge in [-0.05, 0) is 131 Å². The van der Waals surface area contributed by atoms with Crippen LogP contribution in [0, 0.1) is 13.8 Å². The third-order valence-electron chi connectivity index (χ3n) is 11.5. The molecule has 59 heavy (non-hydrogen) atoms. The molecule has 0 aliphatic carbocycles. The number of aromatic nitrogens is 1. The van der Waals surface area contributed by atoms with Gasteiger partial charge in [0.05, 0.1) is 35.6 Å². The van der Waals surface area contributed by atoms with E-state index in [-0.39, 0.29) is 13.2 Å². The van der Waals surface area contributed by atoms with Gasteiger partial charge in [-0.2, -0.15) is 0 Å². The molecule has 0 saturated carbocycles. The van der Waals surface area contributed by atoms with E-state index in [1.54, 1.807) is 0 Å². The van der Waals surface area contributed by atoms with E-state index in [0.717, 1.165) is 89.3 Å². The number of nitrogens with zero attached hydrogens (tertiary/aromatic N) is 3. The standard InChI is InChI=1S/C54H43N3O2/c1-36-11-9-17-44(27-36)55(51-19-7-5-15-41(51)34-58)46-24-22-40-31-50-49-26-25-48(56(45-18-10-12-37(2)28-45)52-20-8-6-16-42(52)35-59)33-54(49)57(53(50)32-43(40)30-46)47-23-21-38-13-3-4-14-39(38)29-47/h3-33,58-59H,34-35H2,1-2H3. The third-order valence-corrected chi connectivity index (χ3v) is 11.5. The number of rotatable bonds is 9. The largest absolute Gasteiger partial charge is 0.392 e. The highest BCUT2D eigenvalue weighted by Gasteiger charge is 2.21. The van der Waals surface area contributed by atoms with Crippen LogP contribution in [0.3, 0.4) is 0 Å². The fourth-order valence-corrected chi connectivity index (χ4v) is 8.72. The number of aliphatic hydroxyl groups excluding tert-OH is 2. The predicted molar refractivity (Wildman–Crippen MR) is 246 cm³/mol. The molecule has 5 heteroatoms. The van der Waals surface area contributed by atoms with Crippen LogP contribution in [0.4, 0.5) is 34.1 Å². The zero-order valence-corrected chi connectivity index (χ0v) is 33.0. The zero-order valence-electron chi connectivity index (χ0n) is 33.0. The van der Waals surface area contributed by atoms with Gasteiger partial charge in [0.1, 0.15) is 0 Å². The Kier molecular flexibility index (Phi) is 9.17. The van der Waals surface area contributed by atoms with E-state index in [1.807, 2.05) is 36.4 Å². The number of fused-ring (bicyclic) bond motifs is 5. The minimum atomic E-state index is -0.0699. The van der Waals surface area contributed by atoms with Crippen molar-refractivity contribution in [3.63, 3.8) is 0 Å². The molecule has 0 atom stereocenters. The van der Waals surface area contributed by atoms with Crippen molar-refractivity contribution in [3.8, 4) is 5.69 Å². The van der Waals surface area contributed by atoms with Gasteiger partial charge in [0.15, 0.2) is 0 Å². The lowest BCUT2D eigenvalue weighted by molar-refractivity contribution is 0.282. The molecule has 9 aromatic carbocycles. The van der Waals surface area contributed by atoms with E-state index in [2.05, 4.69) is 180 Å². The summed E-state index contributed by atoms with van der Waals surface area (Å²) in [6.45, 7) is 4.09. The average Bonchev–Trinajstić information content (AvgIpc) is 3.58. The van der Waals surface area contributed by atoms with Crippen LogP contribution in [0.2, 0.25) is 0 Å². The fraction of sp³-hybridized carbons (Fsp3) is 0.0741. The monoisotopic (exact) mass is 765 g/mol. The zero-order chi connectivity index (χ0) is 40.0. The normalized spacial score (nSPS) is 11.5. The van der Waals surface area contributed by atoms with Crippen molar-refractivity contribution in [1.82, 2.24) is 4.57 Å². The fourth-order valence-electron chi connectivity index (χ4n) is 8.72. The molecule has 0 unspecified atom stereocenters. The van der Waals surface area contributed by atoms with Crippen LogP contribution in [0.5, 0.6) is 0 Å². The van der Waals surface area contributed by atoms with E-state index in [4.69, 9.17) is 0 Å². The minimum Gasteiger partial charge on any atom is -0.392 e. The molecule has 1 heterocycles. The number of para-hydroxylation sites is 2. The first-order valence-electron chi connectivity index (χ1n) is 20.1. The molecule has 1 aromatic heterocycles. The van der Waals surface area contributed by atoms with Crippen molar-refractivity contribution in [2.45, 2.75) is 27.1 Å². The Morgan fingerprint density at radius 1 is 0.390 bits per heavy atom. The molecule has 0 aliphatic heterocycles. The number of aliphatic hydroxyl groups is 2. The Balaban J connectivity index is 1.24. The molecule has 0 aliphatic rings. The highest BCUT2D eigenvalue weighted by atomic mass is 16.3. The first-order chi connectivity index (χ1) is 29.0. The van der Waals surface area contributed by atoms with Crippen LogP contribution >= 0.6 is 0 Å². The van der Waals surface area contributed by atoms with Gasteiger partial charge in [-0.3, -0.25) is 0 Å². The summed E-state index contributed by atoms with van der Waals surface area (Å²) in [6, 6.07) is 66.5. The molecular weight excluding hydrogens is 723 g/mol. The van der Waals surface area contributed by atoms with E-state index >= 15 is 0 Å². The second-order valence-electron chi connectivity index (χ2n) is 15.4. The maximum Gasteiger partial charge on any atom is 0.0702 e. The second-order valence-corrected chi connectivity index (χ2v) is 15.4. The summed E-state index contributed by atoms with van der Waals surface area (Å²) in [6.07, 6.45) is 0. The van der Waals surface area contributed by atoms with E-state index in [9.17, 15) is 10.2 Å². The predicted octanol–water partition coefficient (Wildman–Crippen LogP) is 13.6. The minimum absolute atomic E-state index is 0.0621. The molecule has 10 aromatic rings. The lowest BCUT2D eigenvalue weighted by Gasteiger charge is -2.28. The third kappa shape index (κ3) is 6.47. The summed E-state index contributed by atoms with van der Waals surface area (Å²) < 4.78 is 2.40. The maximum absolute atomic E-state index is 10.5. The van der Waals surface area contributed by atoms with E-state index in [0.29, 0.717) is 0 Å². The molecule has 0 radical (unpaired) electrons. The molecule has 5 nitrogen and oxygen atoms in total. The molecule has 10 rings (SSSR count). The van der Waals surface area contributed by atoms with Crippen LogP contribution in [-0.4, -0.2) is 14.8 Å². The summed E-state index contributed by atoms with van der Waals surface area (Å²) >= 11 is 0. The van der Waals surface area contributed by atoms with Crippen LogP contribution < -0.4 is 9.80 Å². The molecule has 286 valence electrons. The number of anilines is 6. The summed E-state index contributed by atoms with van der Waals surface area (Å²) in [5.41, 5.74) is 13.2. The Morgan fingerprint density at radius 2 is 0.915 bits per heavy atom. The molecular formula is C54H43N3O2. The second kappa shape index (κ2) is 15.0. The smallest absolute Gasteiger partial charge is 0.0702 e. The van der Waals surface area contributed by atoms with E-state index < -0.39 is 0 Å². The van der Waals surface area contributed by atoms with Crippen LogP contribution in [0.15, 0.2) is 188 Å². The van der Waals surface area contributed by atoms with Crippen LogP contribution in [0.1, 0.15) is 22.3 Å². The number of hydrogen-bond acceptors (Lipinski definition) is 4. The van der Waals surface area contributed by atoms with Crippen LogP contribution in [0.25, 0.3) is 49.0 Å². The Bertz CT molecular complexity index is 3200. The topological polar surface area (TPSA) is 51.9 Å². The Hall–Kier alpha value is -7.18. The summed E-state index contributed by atoms with van der Waals surface area (Å²) in [5, 5.41) is 27.9. The lowest BCUT2D eigenvalue weighted by Crippen LogP contribution is -2.12. The lowest BCUT2D eigenvalue weighted by atomic mass is 10.0. The average molecular weight is 766 g/mol. The van der Waals surface area contributed by atoms with Crippen molar-refractivity contribution in [1.29, 1.82) is 0 Å². The van der Waals surface area contributed by atoms with Gasteiger partial charge < -0.3 is 24.6 Å². The molecule has 0 amide bonds. The van der Waals surface area contributed by atoms with Crippen molar-refractivity contribution >= 4 is 77.5 Å². The Morgan fingerprint density at radius 3 is 1.56 bits per heavy atom. The summed E-state index contributed by atoms with van der Waals surface area (Å²) in [5.74, 6) is 0. The van der Waals surface area contributed by atoms with Gasteiger partial charge >= 0.3 is 0 Å². The first-order valence-corrected chi connectivity index (χ1v) is 20.1. The molecule has 0 fully saturated rings. The van der Waals surface area contributed by atoms with Crippen molar-refractivity contribution in [2.24, 2.45) is 0 Å². The highest BCUT2D eigenvalue weighted by Crippen LogP contribution is 2.44. The van der Waals surface area contributed by atoms with Crippen molar-refractivity contribution in [3.05, 3.63) is 210 Å². The SMILES string of the molecule is Cc1cccc(N(c2ccc3cc4c5ccc(N(c6cccc(C)c6)c6ccccc6CO)cc5n(-c5ccc6ccccc6c5)c4cc3c2)c2ccccc2CO)c1. The van der Waals surface area contributed by atoms with Gasteiger partial charge in [0.25, 0.3) is 0 Å². The first kappa shape index (κ1) is 36.2. The van der Waals surface area contributed by atoms with Gasteiger partial charge in [-0.15, -0.1) is 0 Å². The van der Waals surface area contributed by atoms with Crippen molar-refractivity contribution in [2.75, 3.05) is 9.80 Å². The molecule has 0 bridgehead atoms. The van der Waals surface area contributed by atoms with Crippen molar-refractivity contribution < 1.29 is 10.2 Å².